The molecule has 0 aliphatic carbocycles. The van der Waals surface area contributed by atoms with E-state index in [1.165, 1.54) is 0 Å². The first-order valence-corrected chi connectivity index (χ1v) is 5.03. The molecule has 0 aliphatic heterocycles. The second-order valence-electron chi connectivity index (χ2n) is 3.43. The van der Waals surface area contributed by atoms with Crippen molar-refractivity contribution in [2.45, 2.75) is 6.42 Å². The molecule has 0 amide bonds. The summed E-state index contributed by atoms with van der Waals surface area (Å²) in [5.74, 6) is 1.31. The second kappa shape index (κ2) is 4.31. The summed E-state index contributed by atoms with van der Waals surface area (Å²) in [6.45, 7) is 3.72. The van der Waals surface area contributed by atoms with Crippen molar-refractivity contribution in [1.82, 2.24) is 0 Å². The van der Waals surface area contributed by atoms with Gasteiger partial charge in [-0.2, -0.15) is 0 Å². The van der Waals surface area contributed by atoms with Crippen molar-refractivity contribution in [3.05, 3.63) is 36.6 Å². The van der Waals surface area contributed by atoms with Crippen molar-refractivity contribution in [2.24, 2.45) is 0 Å². The Morgan fingerprint density at radius 2 is 2.12 bits per heavy atom. The van der Waals surface area contributed by atoms with Crippen LogP contribution in [0.1, 0.15) is 5.56 Å². The molecule has 84 valence electrons. The van der Waals surface area contributed by atoms with E-state index < -0.39 is 0 Å². The average molecular weight is 218 g/mol. The Morgan fingerprint density at radius 3 is 2.75 bits per heavy atom. The fourth-order valence-electron chi connectivity index (χ4n) is 1.78. The Morgan fingerprint density at radius 1 is 1.31 bits per heavy atom. The predicted molar refractivity (Wildman–Crippen MR) is 63.2 cm³/mol. The number of rotatable bonds is 4. The van der Waals surface area contributed by atoms with E-state index in [0.717, 1.165) is 23.0 Å². The first kappa shape index (κ1) is 10.6. The highest BCUT2D eigenvalue weighted by atomic mass is 16.5. The zero-order valence-corrected chi connectivity index (χ0v) is 9.45. The highest BCUT2D eigenvalue weighted by Gasteiger charge is 2.14. The van der Waals surface area contributed by atoms with E-state index in [1.54, 1.807) is 20.5 Å². The molecule has 2 aromatic rings. The van der Waals surface area contributed by atoms with E-state index in [4.69, 9.17) is 13.9 Å². The molecule has 0 N–H and O–H groups in total. The van der Waals surface area contributed by atoms with Crippen molar-refractivity contribution in [1.29, 1.82) is 0 Å². The summed E-state index contributed by atoms with van der Waals surface area (Å²) in [7, 11) is 3.21. The van der Waals surface area contributed by atoms with Gasteiger partial charge in [-0.05, 0) is 18.6 Å². The third-order valence-electron chi connectivity index (χ3n) is 2.53. The first-order valence-electron chi connectivity index (χ1n) is 5.03. The summed E-state index contributed by atoms with van der Waals surface area (Å²) in [4.78, 5) is 0. The summed E-state index contributed by atoms with van der Waals surface area (Å²) in [6.07, 6.45) is 4.36. The fraction of sp³-hybridized carbons (Fsp3) is 0.231. The molecule has 3 heteroatoms. The second-order valence-corrected chi connectivity index (χ2v) is 3.43. The average Bonchev–Trinajstić information content (AvgIpc) is 2.72. The fourth-order valence-corrected chi connectivity index (χ4v) is 1.78. The molecule has 0 aliphatic rings. The van der Waals surface area contributed by atoms with Crippen LogP contribution < -0.4 is 9.47 Å². The van der Waals surface area contributed by atoms with Crippen molar-refractivity contribution in [2.75, 3.05) is 14.2 Å². The number of hydrogen-bond acceptors (Lipinski definition) is 3. The monoisotopic (exact) mass is 218 g/mol. The number of ether oxygens (including phenoxy) is 2. The highest BCUT2D eigenvalue weighted by molar-refractivity contribution is 5.88. The number of benzene rings is 1. The zero-order valence-electron chi connectivity index (χ0n) is 9.45. The van der Waals surface area contributed by atoms with Crippen LogP contribution in [-0.2, 0) is 6.42 Å². The number of allylic oxidation sites excluding steroid dienone is 1. The molecule has 0 unspecified atom stereocenters. The molecule has 1 aromatic carbocycles. The molecule has 0 saturated heterocycles. The van der Waals surface area contributed by atoms with Gasteiger partial charge in [0.15, 0.2) is 11.3 Å². The Bertz CT molecular complexity index is 511. The SMILES string of the molecule is C=CCc1coc2c(OC)c(OC)ccc12. The number of fused-ring (bicyclic) bond motifs is 1. The van der Waals surface area contributed by atoms with Gasteiger partial charge in [0, 0.05) is 10.9 Å². The highest BCUT2D eigenvalue weighted by Crippen LogP contribution is 2.37. The van der Waals surface area contributed by atoms with Gasteiger partial charge in [-0.1, -0.05) is 6.08 Å². The molecule has 2 rings (SSSR count). The molecule has 0 saturated carbocycles. The van der Waals surface area contributed by atoms with Crippen molar-refractivity contribution in [3.8, 4) is 11.5 Å². The molecule has 0 fully saturated rings. The quantitative estimate of drug-likeness (QED) is 0.738. The lowest BCUT2D eigenvalue weighted by Crippen LogP contribution is -1.90. The lowest BCUT2D eigenvalue weighted by molar-refractivity contribution is 0.353. The Labute approximate surface area is 94.3 Å². The molecular weight excluding hydrogens is 204 g/mol. The molecule has 1 heterocycles. The van der Waals surface area contributed by atoms with E-state index >= 15 is 0 Å². The van der Waals surface area contributed by atoms with Crippen molar-refractivity contribution in [3.63, 3.8) is 0 Å². The van der Waals surface area contributed by atoms with Crippen LogP contribution in [0.15, 0.2) is 35.5 Å². The van der Waals surface area contributed by atoms with Crippen LogP contribution in [0.4, 0.5) is 0 Å². The maximum Gasteiger partial charge on any atom is 0.204 e. The molecule has 0 spiro atoms. The maximum absolute atomic E-state index is 5.51. The van der Waals surface area contributed by atoms with Crippen LogP contribution in [-0.4, -0.2) is 14.2 Å². The van der Waals surface area contributed by atoms with Gasteiger partial charge in [0.25, 0.3) is 0 Å². The van der Waals surface area contributed by atoms with Crippen LogP contribution in [0.2, 0.25) is 0 Å². The predicted octanol–water partition coefficient (Wildman–Crippen LogP) is 3.18. The Hall–Kier alpha value is -1.90. The van der Waals surface area contributed by atoms with Gasteiger partial charge in [-0.25, -0.2) is 0 Å². The molecule has 1 aromatic heterocycles. The topological polar surface area (TPSA) is 31.6 Å². The van der Waals surface area contributed by atoms with Crippen LogP contribution >= 0.6 is 0 Å². The van der Waals surface area contributed by atoms with Gasteiger partial charge in [0.2, 0.25) is 5.75 Å². The van der Waals surface area contributed by atoms with Crippen LogP contribution in [0, 0.1) is 0 Å². The van der Waals surface area contributed by atoms with Crippen LogP contribution in [0.25, 0.3) is 11.0 Å². The van der Waals surface area contributed by atoms with Gasteiger partial charge < -0.3 is 13.9 Å². The van der Waals surface area contributed by atoms with Crippen molar-refractivity contribution < 1.29 is 13.9 Å². The number of furan rings is 1. The van der Waals surface area contributed by atoms with Crippen LogP contribution in [0.3, 0.4) is 0 Å². The summed E-state index contributed by atoms with van der Waals surface area (Å²) >= 11 is 0. The van der Waals surface area contributed by atoms with E-state index in [2.05, 4.69) is 6.58 Å². The Kier molecular flexibility index (Phi) is 2.86. The summed E-state index contributed by atoms with van der Waals surface area (Å²) in [6, 6.07) is 3.85. The molecule has 3 nitrogen and oxygen atoms in total. The third kappa shape index (κ3) is 1.54. The largest absolute Gasteiger partial charge is 0.493 e. The van der Waals surface area contributed by atoms with Gasteiger partial charge in [-0.15, -0.1) is 6.58 Å². The standard InChI is InChI=1S/C13H14O3/c1-4-5-9-8-16-12-10(9)6-7-11(14-2)13(12)15-3/h4,6-8H,1,5H2,2-3H3. The summed E-state index contributed by atoms with van der Waals surface area (Å²) < 4.78 is 16.0. The van der Waals surface area contributed by atoms with Crippen molar-refractivity contribution >= 4 is 11.0 Å². The summed E-state index contributed by atoms with van der Waals surface area (Å²) in [5, 5.41) is 1.04. The molecule has 0 radical (unpaired) electrons. The summed E-state index contributed by atoms with van der Waals surface area (Å²) in [5.41, 5.74) is 1.82. The van der Waals surface area contributed by atoms with E-state index in [-0.39, 0.29) is 0 Å². The zero-order chi connectivity index (χ0) is 11.5. The smallest absolute Gasteiger partial charge is 0.204 e. The lowest BCUT2D eigenvalue weighted by Gasteiger charge is -2.07. The Balaban J connectivity index is 2.65. The van der Waals surface area contributed by atoms with E-state index in [0.29, 0.717) is 11.5 Å². The molecule has 0 bridgehead atoms. The van der Waals surface area contributed by atoms with E-state index in [1.807, 2.05) is 18.2 Å². The lowest BCUT2D eigenvalue weighted by atomic mass is 10.1. The van der Waals surface area contributed by atoms with E-state index in [9.17, 15) is 0 Å². The number of methoxy groups -OCH3 is 2. The van der Waals surface area contributed by atoms with Gasteiger partial charge in [0.1, 0.15) is 0 Å². The molecule has 0 atom stereocenters. The van der Waals surface area contributed by atoms with Crippen LogP contribution in [0.5, 0.6) is 11.5 Å². The first-order chi connectivity index (χ1) is 7.81. The number of hydrogen-bond donors (Lipinski definition) is 0. The maximum atomic E-state index is 5.51. The van der Waals surface area contributed by atoms with Gasteiger partial charge >= 0.3 is 0 Å². The molecular formula is C13H14O3. The minimum absolute atomic E-state index is 0.635. The minimum Gasteiger partial charge on any atom is -0.493 e. The normalized spacial score (nSPS) is 10.4. The van der Waals surface area contributed by atoms with Gasteiger partial charge in [0.05, 0.1) is 20.5 Å². The van der Waals surface area contributed by atoms with Gasteiger partial charge in [-0.3, -0.25) is 0 Å². The molecule has 16 heavy (non-hydrogen) atoms. The third-order valence-corrected chi connectivity index (χ3v) is 2.53. The minimum atomic E-state index is 0.635.